The molecule has 0 fully saturated rings. The van der Waals surface area contributed by atoms with Crippen LogP contribution in [0.4, 0.5) is 4.39 Å². The van der Waals surface area contributed by atoms with Crippen molar-refractivity contribution in [3.05, 3.63) is 123 Å². The van der Waals surface area contributed by atoms with Crippen molar-refractivity contribution in [3.8, 4) is 34.8 Å². The molecule has 4 aromatic carbocycles. The number of rotatable bonds is 10. The SMILES string of the molecule is CCOc1cc(C2C(C#N)=C(N)Oc3cc(OC(=O)COc4ccc(Br)cc4)ccc32)ccc1OCc1ccccc1F. The van der Waals surface area contributed by atoms with E-state index in [-0.39, 0.29) is 36.2 Å². The van der Waals surface area contributed by atoms with Crippen molar-refractivity contribution in [2.45, 2.75) is 19.4 Å². The van der Waals surface area contributed by atoms with Crippen LogP contribution in [-0.4, -0.2) is 19.2 Å². The number of esters is 1. The Morgan fingerprint density at radius 2 is 1.74 bits per heavy atom. The first kappa shape index (κ1) is 29.5. The molecule has 5 rings (SSSR count). The molecule has 0 amide bonds. The van der Waals surface area contributed by atoms with Crippen LogP contribution < -0.4 is 29.4 Å². The molecule has 0 bridgehead atoms. The second-order valence-electron chi connectivity index (χ2n) is 9.36. The van der Waals surface area contributed by atoms with Crippen LogP contribution in [0.2, 0.25) is 0 Å². The van der Waals surface area contributed by atoms with Crippen LogP contribution in [0.5, 0.6) is 28.7 Å². The van der Waals surface area contributed by atoms with Crippen molar-refractivity contribution in [2.75, 3.05) is 13.2 Å². The predicted octanol–water partition coefficient (Wildman–Crippen LogP) is 6.77. The normalized spacial score (nSPS) is 13.8. The summed E-state index contributed by atoms with van der Waals surface area (Å²) in [5.74, 6) is 0.287. The van der Waals surface area contributed by atoms with Crippen molar-refractivity contribution in [1.29, 1.82) is 5.26 Å². The Bertz CT molecular complexity index is 1720. The number of nitriles is 1. The number of ether oxygens (including phenoxy) is 5. The smallest absolute Gasteiger partial charge is 0.349 e. The summed E-state index contributed by atoms with van der Waals surface area (Å²) in [6.07, 6.45) is 0. The Labute approximate surface area is 256 Å². The van der Waals surface area contributed by atoms with E-state index in [1.807, 2.05) is 6.92 Å². The van der Waals surface area contributed by atoms with E-state index in [4.69, 9.17) is 29.4 Å². The molecule has 4 aromatic rings. The van der Waals surface area contributed by atoms with Gasteiger partial charge in [0.25, 0.3) is 0 Å². The van der Waals surface area contributed by atoms with Gasteiger partial charge in [0.05, 0.1) is 12.5 Å². The highest BCUT2D eigenvalue weighted by Crippen LogP contribution is 2.45. The Morgan fingerprint density at radius 3 is 2.49 bits per heavy atom. The summed E-state index contributed by atoms with van der Waals surface area (Å²) in [6.45, 7) is 1.90. The number of nitrogens with two attached hydrogens (primary N) is 1. The molecule has 1 unspecified atom stereocenters. The number of carbonyl (C=O) groups is 1. The molecule has 0 saturated carbocycles. The molecule has 0 aliphatic carbocycles. The third-order valence-corrected chi connectivity index (χ3v) is 7.06. The molecule has 8 nitrogen and oxygen atoms in total. The number of carbonyl (C=O) groups excluding carboxylic acids is 1. The van der Waals surface area contributed by atoms with Crippen LogP contribution >= 0.6 is 15.9 Å². The lowest BCUT2D eigenvalue weighted by Gasteiger charge is -2.27. The molecule has 2 N–H and O–H groups in total. The Morgan fingerprint density at radius 1 is 0.977 bits per heavy atom. The summed E-state index contributed by atoms with van der Waals surface area (Å²) < 4.78 is 43.5. The number of nitrogens with zero attached hydrogens (tertiary/aromatic N) is 1. The molecule has 43 heavy (non-hydrogen) atoms. The van der Waals surface area contributed by atoms with Gasteiger partial charge in [-0.2, -0.15) is 5.26 Å². The predicted molar refractivity (Wildman–Crippen MR) is 159 cm³/mol. The molecule has 0 aromatic heterocycles. The quantitative estimate of drug-likeness (QED) is 0.149. The first-order valence-electron chi connectivity index (χ1n) is 13.3. The maximum atomic E-state index is 14.1. The highest BCUT2D eigenvalue weighted by Gasteiger charge is 2.32. The molecule has 10 heteroatoms. The van der Waals surface area contributed by atoms with Gasteiger partial charge in [0.1, 0.15) is 41.3 Å². The van der Waals surface area contributed by atoms with E-state index in [2.05, 4.69) is 22.0 Å². The fourth-order valence-electron chi connectivity index (χ4n) is 4.54. The molecule has 218 valence electrons. The zero-order valence-corrected chi connectivity index (χ0v) is 24.6. The van der Waals surface area contributed by atoms with Gasteiger partial charge in [0, 0.05) is 21.7 Å². The van der Waals surface area contributed by atoms with Crippen molar-refractivity contribution in [1.82, 2.24) is 0 Å². The standard InChI is InChI=1S/C33H26BrFN2O6/c1-2-39-30-15-20(7-14-28(30)41-18-21-5-3-4-6-27(21)35)32-25-13-12-24(16-29(25)43-33(37)26(32)17-36)42-31(38)19-40-23-10-8-22(34)9-11-23/h3-16,32H,2,18-19,37H2,1H3. The zero-order chi connectivity index (χ0) is 30.3. The summed E-state index contributed by atoms with van der Waals surface area (Å²) in [4.78, 5) is 12.4. The number of benzene rings is 4. The van der Waals surface area contributed by atoms with Gasteiger partial charge < -0.3 is 29.4 Å². The molecule has 1 heterocycles. The van der Waals surface area contributed by atoms with Gasteiger partial charge in [-0.1, -0.05) is 46.3 Å². The minimum absolute atomic E-state index is 0.0121. The summed E-state index contributed by atoms with van der Waals surface area (Å²) in [6, 6.07) is 25.7. The lowest BCUT2D eigenvalue weighted by Crippen LogP contribution is -2.22. The first-order valence-corrected chi connectivity index (χ1v) is 14.1. The second kappa shape index (κ2) is 13.3. The third kappa shape index (κ3) is 6.90. The molecular formula is C33H26BrFN2O6. The number of hydrogen-bond acceptors (Lipinski definition) is 8. The van der Waals surface area contributed by atoms with Gasteiger partial charge >= 0.3 is 5.97 Å². The van der Waals surface area contributed by atoms with Gasteiger partial charge in [0.2, 0.25) is 5.88 Å². The van der Waals surface area contributed by atoms with Crippen LogP contribution in [0.1, 0.15) is 29.5 Å². The van der Waals surface area contributed by atoms with Crippen LogP contribution in [0.3, 0.4) is 0 Å². The first-order chi connectivity index (χ1) is 20.9. The van der Waals surface area contributed by atoms with Gasteiger partial charge in [0.15, 0.2) is 18.1 Å². The Kier molecular flexibility index (Phi) is 9.13. The highest BCUT2D eigenvalue weighted by atomic mass is 79.9. The summed E-state index contributed by atoms with van der Waals surface area (Å²) >= 11 is 3.35. The Hall–Kier alpha value is -5.01. The molecule has 0 saturated heterocycles. The molecule has 1 aliphatic heterocycles. The molecule has 0 spiro atoms. The van der Waals surface area contributed by atoms with E-state index < -0.39 is 11.9 Å². The van der Waals surface area contributed by atoms with Gasteiger partial charge in [-0.05, 0) is 61.0 Å². The summed E-state index contributed by atoms with van der Waals surface area (Å²) in [5, 5.41) is 9.98. The van der Waals surface area contributed by atoms with E-state index >= 15 is 0 Å². The fraction of sp³-hybridized carbons (Fsp3) is 0.152. The average molecular weight is 645 g/mol. The molecule has 1 aliphatic rings. The average Bonchev–Trinajstić information content (AvgIpc) is 3.00. The van der Waals surface area contributed by atoms with Gasteiger partial charge in [-0.15, -0.1) is 0 Å². The van der Waals surface area contributed by atoms with Crippen LogP contribution in [0.25, 0.3) is 0 Å². The fourth-order valence-corrected chi connectivity index (χ4v) is 4.80. The monoisotopic (exact) mass is 644 g/mol. The lowest BCUT2D eigenvalue weighted by molar-refractivity contribution is -0.136. The maximum absolute atomic E-state index is 14.1. The minimum atomic E-state index is -0.608. The molecule has 0 radical (unpaired) electrons. The van der Waals surface area contributed by atoms with E-state index in [1.165, 1.54) is 12.1 Å². The van der Waals surface area contributed by atoms with Crippen LogP contribution in [0.15, 0.2) is 101 Å². The number of halogens is 2. The van der Waals surface area contributed by atoms with Crippen molar-refractivity contribution < 1.29 is 32.9 Å². The second-order valence-corrected chi connectivity index (χ2v) is 10.3. The summed E-state index contributed by atoms with van der Waals surface area (Å²) in [7, 11) is 0. The van der Waals surface area contributed by atoms with Crippen molar-refractivity contribution in [3.63, 3.8) is 0 Å². The maximum Gasteiger partial charge on any atom is 0.349 e. The van der Waals surface area contributed by atoms with E-state index in [0.29, 0.717) is 46.3 Å². The minimum Gasteiger partial charge on any atom is -0.490 e. The van der Waals surface area contributed by atoms with Crippen molar-refractivity contribution in [2.24, 2.45) is 5.73 Å². The van der Waals surface area contributed by atoms with Crippen LogP contribution in [0, 0.1) is 17.1 Å². The lowest BCUT2D eigenvalue weighted by atomic mass is 9.83. The van der Waals surface area contributed by atoms with E-state index in [9.17, 15) is 14.4 Å². The molecule has 1 atom stereocenters. The summed E-state index contributed by atoms with van der Waals surface area (Å²) in [5.41, 5.74) is 8.12. The topological polar surface area (TPSA) is 113 Å². The van der Waals surface area contributed by atoms with E-state index in [1.54, 1.807) is 72.8 Å². The Balaban J connectivity index is 1.37. The number of hydrogen-bond donors (Lipinski definition) is 1. The van der Waals surface area contributed by atoms with Gasteiger partial charge in [-0.3, -0.25) is 0 Å². The van der Waals surface area contributed by atoms with Gasteiger partial charge in [-0.25, -0.2) is 9.18 Å². The van der Waals surface area contributed by atoms with E-state index in [0.717, 1.165) is 4.47 Å². The highest BCUT2D eigenvalue weighted by molar-refractivity contribution is 9.10. The zero-order valence-electron chi connectivity index (χ0n) is 23.0. The van der Waals surface area contributed by atoms with Crippen LogP contribution in [-0.2, 0) is 11.4 Å². The third-order valence-electron chi connectivity index (χ3n) is 6.53. The van der Waals surface area contributed by atoms with Crippen molar-refractivity contribution >= 4 is 21.9 Å². The largest absolute Gasteiger partial charge is 0.490 e. The number of allylic oxidation sites excluding steroid dienone is 1. The molecular weight excluding hydrogens is 619 g/mol. The number of fused-ring (bicyclic) bond motifs is 1.